The number of ketones is 2. The smallest absolute Gasteiger partial charge is 0.317 e. The van der Waals surface area contributed by atoms with Crippen molar-refractivity contribution in [3.63, 3.8) is 0 Å². The Bertz CT molecular complexity index is 881. The van der Waals surface area contributed by atoms with Crippen molar-refractivity contribution < 1.29 is 27.9 Å². The maximum absolute atomic E-state index is 13.5. The Kier molecular flexibility index (Phi) is 7.01. The van der Waals surface area contributed by atoms with E-state index >= 15 is 0 Å². The van der Waals surface area contributed by atoms with Gasteiger partial charge in [0.2, 0.25) is 0 Å². The number of benzene rings is 2. The van der Waals surface area contributed by atoms with Crippen LogP contribution >= 0.6 is 0 Å². The number of hydrogen-bond acceptors (Lipinski definition) is 4. The van der Waals surface area contributed by atoms with Crippen molar-refractivity contribution in [1.29, 1.82) is 0 Å². The van der Waals surface area contributed by atoms with E-state index in [0.717, 1.165) is 24.3 Å². The molecular weight excluding hydrogens is 378 g/mol. The van der Waals surface area contributed by atoms with E-state index in [9.17, 15) is 23.2 Å². The Hall–Kier alpha value is -2.89. The van der Waals surface area contributed by atoms with Crippen molar-refractivity contribution in [2.75, 3.05) is 6.61 Å². The van der Waals surface area contributed by atoms with Crippen LogP contribution in [0.2, 0.25) is 0 Å². The molecule has 0 fully saturated rings. The lowest BCUT2D eigenvalue weighted by Crippen LogP contribution is -2.41. The molecule has 0 N–H and O–H groups in total. The highest BCUT2D eigenvalue weighted by atomic mass is 19.1. The van der Waals surface area contributed by atoms with Crippen LogP contribution in [0.1, 0.15) is 49.5 Å². The van der Waals surface area contributed by atoms with Gasteiger partial charge in [-0.05, 0) is 48.9 Å². The summed E-state index contributed by atoms with van der Waals surface area (Å²) in [7, 11) is 0. The molecule has 2 aromatic rings. The number of halogens is 2. The van der Waals surface area contributed by atoms with Crippen LogP contribution in [0.5, 0.6) is 0 Å². The number of esters is 1. The first-order valence-corrected chi connectivity index (χ1v) is 9.32. The van der Waals surface area contributed by atoms with Gasteiger partial charge in [-0.25, -0.2) is 8.78 Å². The highest BCUT2D eigenvalue weighted by Gasteiger charge is 2.45. The van der Waals surface area contributed by atoms with E-state index < -0.39 is 46.4 Å². The molecule has 0 aliphatic rings. The molecule has 6 heteroatoms. The second-order valence-corrected chi connectivity index (χ2v) is 7.74. The minimum absolute atomic E-state index is 0.0353. The zero-order valence-corrected chi connectivity index (χ0v) is 16.9. The molecule has 2 unspecified atom stereocenters. The lowest BCUT2D eigenvalue weighted by Gasteiger charge is -2.29. The topological polar surface area (TPSA) is 60.4 Å². The van der Waals surface area contributed by atoms with Crippen molar-refractivity contribution in [2.24, 2.45) is 11.3 Å². The van der Waals surface area contributed by atoms with Gasteiger partial charge < -0.3 is 4.74 Å². The monoisotopic (exact) mass is 402 g/mol. The van der Waals surface area contributed by atoms with Gasteiger partial charge in [-0.3, -0.25) is 14.4 Å². The van der Waals surface area contributed by atoms with Gasteiger partial charge in [0.25, 0.3) is 0 Å². The first-order chi connectivity index (χ1) is 13.6. The van der Waals surface area contributed by atoms with Crippen molar-refractivity contribution in [3.8, 4) is 0 Å². The van der Waals surface area contributed by atoms with Crippen molar-refractivity contribution >= 4 is 17.5 Å². The van der Waals surface area contributed by atoms with Crippen LogP contribution in [-0.2, 0) is 14.3 Å². The standard InChI is InChI=1S/C23H24F2O4/c1-5-29-22(28)19(21(27)23(2,3)4)18(14-6-10-16(24)11-7-14)20(26)15-8-12-17(25)13-9-15/h6-13,18-19H,5H2,1-4H3. The van der Waals surface area contributed by atoms with E-state index in [1.807, 2.05) is 0 Å². The molecule has 0 aromatic heterocycles. The Balaban J connectivity index is 2.65. The Labute approximate surface area is 168 Å². The largest absolute Gasteiger partial charge is 0.465 e. The molecule has 0 amide bonds. The molecule has 0 spiro atoms. The third-order valence-electron chi connectivity index (χ3n) is 4.54. The predicted octanol–water partition coefficient (Wildman–Crippen LogP) is 4.73. The van der Waals surface area contributed by atoms with Gasteiger partial charge >= 0.3 is 5.97 Å². The molecule has 2 rings (SSSR count). The van der Waals surface area contributed by atoms with Crippen LogP contribution in [0.15, 0.2) is 48.5 Å². The number of carbonyl (C=O) groups is 3. The van der Waals surface area contributed by atoms with Gasteiger partial charge in [0.15, 0.2) is 11.6 Å². The molecule has 29 heavy (non-hydrogen) atoms. The summed E-state index contributed by atoms with van der Waals surface area (Å²) in [6.45, 7) is 6.57. The summed E-state index contributed by atoms with van der Waals surface area (Å²) in [6, 6.07) is 9.87. The summed E-state index contributed by atoms with van der Waals surface area (Å²) in [4.78, 5) is 39.3. The zero-order chi connectivity index (χ0) is 21.8. The van der Waals surface area contributed by atoms with Gasteiger partial charge in [-0.1, -0.05) is 32.9 Å². The first-order valence-electron chi connectivity index (χ1n) is 9.32. The van der Waals surface area contributed by atoms with Gasteiger partial charge in [0, 0.05) is 11.0 Å². The van der Waals surface area contributed by atoms with E-state index in [2.05, 4.69) is 0 Å². The molecular formula is C23H24F2O4. The summed E-state index contributed by atoms with van der Waals surface area (Å²) >= 11 is 0. The Morgan fingerprint density at radius 1 is 0.897 bits per heavy atom. The number of ether oxygens (including phenoxy) is 1. The minimum Gasteiger partial charge on any atom is -0.465 e. The number of carbonyl (C=O) groups excluding carboxylic acids is 3. The van der Waals surface area contributed by atoms with E-state index in [0.29, 0.717) is 5.56 Å². The fourth-order valence-corrected chi connectivity index (χ4v) is 3.05. The van der Waals surface area contributed by atoms with Crippen molar-refractivity contribution in [2.45, 2.75) is 33.6 Å². The zero-order valence-electron chi connectivity index (χ0n) is 16.9. The SMILES string of the molecule is CCOC(=O)C(C(=O)C(C)(C)C)C(C(=O)c1ccc(F)cc1)c1ccc(F)cc1. The van der Waals surface area contributed by atoms with E-state index in [1.165, 1.54) is 24.3 Å². The van der Waals surface area contributed by atoms with Gasteiger partial charge in [-0.2, -0.15) is 0 Å². The van der Waals surface area contributed by atoms with E-state index in [-0.39, 0.29) is 12.2 Å². The molecule has 0 saturated carbocycles. The molecule has 0 aliphatic heterocycles. The maximum atomic E-state index is 13.5. The number of rotatable bonds is 7. The number of Topliss-reactive ketones (excluding diaryl/α,β-unsaturated/α-hetero) is 2. The molecule has 0 bridgehead atoms. The molecule has 2 atom stereocenters. The molecule has 2 aromatic carbocycles. The molecule has 0 radical (unpaired) electrons. The first kappa shape index (κ1) is 22.4. The normalized spacial score (nSPS) is 13.4. The van der Waals surface area contributed by atoms with Crippen LogP contribution in [0, 0.1) is 23.0 Å². The summed E-state index contributed by atoms with van der Waals surface area (Å²) < 4.78 is 31.9. The fraction of sp³-hybridized carbons (Fsp3) is 0.348. The van der Waals surface area contributed by atoms with Crippen LogP contribution in [-0.4, -0.2) is 24.1 Å². The van der Waals surface area contributed by atoms with Gasteiger partial charge in [0.05, 0.1) is 12.5 Å². The lowest BCUT2D eigenvalue weighted by atomic mass is 9.72. The molecule has 4 nitrogen and oxygen atoms in total. The molecule has 0 heterocycles. The average Bonchev–Trinajstić information content (AvgIpc) is 2.66. The highest BCUT2D eigenvalue weighted by Crippen LogP contribution is 2.35. The molecule has 0 saturated heterocycles. The third-order valence-corrected chi connectivity index (χ3v) is 4.54. The second-order valence-electron chi connectivity index (χ2n) is 7.74. The predicted molar refractivity (Wildman–Crippen MR) is 104 cm³/mol. The second kappa shape index (κ2) is 9.07. The van der Waals surface area contributed by atoms with E-state index in [4.69, 9.17) is 4.74 Å². The summed E-state index contributed by atoms with van der Waals surface area (Å²) in [5.74, 6) is -5.53. The van der Waals surface area contributed by atoms with Gasteiger partial charge in [0.1, 0.15) is 17.6 Å². The van der Waals surface area contributed by atoms with Crippen LogP contribution in [0.3, 0.4) is 0 Å². The summed E-state index contributed by atoms with van der Waals surface area (Å²) in [5.41, 5.74) is -0.494. The Morgan fingerprint density at radius 3 is 1.83 bits per heavy atom. The van der Waals surface area contributed by atoms with Crippen molar-refractivity contribution in [3.05, 3.63) is 71.3 Å². The average molecular weight is 402 g/mol. The fourth-order valence-electron chi connectivity index (χ4n) is 3.05. The maximum Gasteiger partial charge on any atom is 0.317 e. The number of hydrogen-bond donors (Lipinski definition) is 0. The highest BCUT2D eigenvalue weighted by molar-refractivity contribution is 6.11. The van der Waals surface area contributed by atoms with Crippen LogP contribution < -0.4 is 0 Å². The van der Waals surface area contributed by atoms with E-state index in [1.54, 1.807) is 27.7 Å². The molecule has 154 valence electrons. The van der Waals surface area contributed by atoms with Crippen LogP contribution in [0.4, 0.5) is 8.78 Å². The quantitative estimate of drug-likeness (QED) is 0.382. The van der Waals surface area contributed by atoms with Gasteiger partial charge in [-0.15, -0.1) is 0 Å². The summed E-state index contributed by atoms with van der Waals surface area (Å²) in [5, 5.41) is 0. The Morgan fingerprint density at radius 2 is 1.38 bits per heavy atom. The third kappa shape index (κ3) is 5.34. The lowest BCUT2D eigenvalue weighted by molar-refractivity contribution is -0.154. The minimum atomic E-state index is -1.42. The van der Waals surface area contributed by atoms with Crippen LogP contribution in [0.25, 0.3) is 0 Å². The molecule has 0 aliphatic carbocycles. The van der Waals surface area contributed by atoms with Crippen molar-refractivity contribution in [1.82, 2.24) is 0 Å². The summed E-state index contributed by atoms with van der Waals surface area (Å²) in [6.07, 6.45) is 0.